The summed E-state index contributed by atoms with van der Waals surface area (Å²) in [5.74, 6) is 0. The van der Waals surface area contributed by atoms with E-state index in [1.54, 1.807) is 0 Å². The van der Waals surface area contributed by atoms with Gasteiger partial charge in [0.15, 0.2) is 0 Å². The summed E-state index contributed by atoms with van der Waals surface area (Å²) in [5.41, 5.74) is 5.89. The van der Waals surface area contributed by atoms with Crippen LogP contribution in [0.15, 0.2) is 0 Å². The molecule has 98 valence electrons. The van der Waals surface area contributed by atoms with Crippen LogP contribution in [0, 0.1) is 5.41 Å². The van der Waals surface area contributed by atoms with Gasteiger partial charge in [-0.1, -0.05) is 0 Å². The standard InChI is InChI=1S/C13H24N2O2/c1-12(2,3)17-11(16)15-7-6-13(4-5-13)8-10(15)9-14/h10H,4-9,14H2,1-3H3/t10-/m0/s1. The second-order valence-corrected chi connectivity index (χ2v) is 6.52. The van der Waals surface area contributed by atoms with Gasteiger partial charge >= 0.3 is 6.09 Å². The van der Waals surface area contributed by atoms with Crippen LogP contribution in [0.2, 0.25) is 0 Å². The van der Waals surface area contributed by atoms with Gasteiger partial charge < -0.3 is 15.4 Å². The highest BCUT2D eigenvalue weighted by Gasteiger charge is 2.49. The molecule has 0 bridgehead atoms. The minimum atomic E-state index is -0.426. The minimum absolute atomic E-state index is 0.168. The molecule has 1 spiro atoms. The first-order chi connectivity index (χ1) is 7.85. The van der Waals surface area contributed by atoms with Crippen molar-refractivity contribution in [3.05, 3.63) is 0 Å². The number of nitrogens with zero attached hydrogens (tertiary/aromatic N) is 1. The highest BCUT2D eigenvalue weighted by molar-refractivity contribution is 5.68. The first-order valence-corrected chi connectivity index (χ1v) is 6.55. The van der Waals surface area contributed by atoms with E-state index >= 15 is 0 Å². The maximum Gasteiger partial charge on any atom is 0.410 e. The second kappa shape index (κ2) is 4.16. The van der Waals surface area contributed by atoms with Crippen LogP contribution >= 0.6 is 0 Å². The molecule has 1 amide bonds. The molecule has 17 heavy (non-hydrogen) atoms. The van der Waals surface area contributed by atoms with E-state index in [1.807, 2.05) is 25.7 Å². The monoisotopic (exact) mass is 240 g/mol. The Balaban J connectivity index is 1.97. The molecule has 2 aliphatic rings. The third-order valence-electron chi connectivity index (χ3n) is 3.85. The number of rotatable bonds is 1. The zero-order chi connectivity index (χ0) is 12.7. The van der Waals surface area contributed by atoms with Crippen LogP contribution in [-0.2, 0) is 4.74 Å². The second-order valence-electron chi connectivity index (χ2n) is 6.52. The van der Waals surface area contributed by atoms with Crippen LogP contribution in [-0.4, -0.2) is 35.7 Å². The average molecular weight is 240 g/mol. The maximum absolute atomic E-state index is 12.1. The van der Waals surface area contributed by atoms with Crippen molar-refractivity contribution < 1.29 is 9.53 Å². The third kappa shape index (κ3) is 2.92. The Labute approximate surface area is 103 Å². The average Bonchev–Trinajstić information content (AvgIpc) is 2.95. The van der Waals surface area contributed by atoms with Crippen LogP contribution in [0.3, 0.4) is 0 Å². The molecule has 2 rings (SSSR count). The van der Waals surface area contributed by atoms with Gasteiger partial charge in [0, 0.05) is 19.1 Å². The SMILES string of the molecule is CC(C)(C)OC(=O)N1CCC2(CC2)C[C@H]1CN. The molecule has 2 N–H and O–H groups in total. The maximum atomic E-state index is 12.1. The Morgan fingerprint density at radius 2 is 2.06 bits per heavy atom. The number of carbonyl (C=O) groups is 1. The molecule has 1 saturated carbocycles. The van der Waals surface area contributed by atoms with Gasteiger partial charge in [0.2, 0.25) is 0 Å². The van der Waals surface area contributed by atoms with E-state index in [0.29, 0.717) is 12.0 Å². The summed E-state index contributed by atoms with van der Waals surface area (Å²) in [7, 11) is 0. The Morgan fingerprint density at radius 1 is 1.41 bits per heavy atom. The van der Waals surface area contributed by atoms with E-state index in [-0.39, 0.29) is 12.1 Å². The molecule has 1 atom stereocenters. The fourth-order valence-corrected chi connectivity index (χ4v) is 2.65. The zero-order valence-electron chi connectivity index (χ0n) is 11.2. The summed E-state index contributed by atoms with van der Waals surface area (Å²) in [6.07, 6.45) is 4.59. The van der Waals surface area contributed by atoms with Crippen LogP contribution in [0.5, 0.6) is 0 Å². The summed E-state index contributed by atoms with van der Waals surface area (Å²) in [6.45, 7) is 7.04. The lowest BCUT2D eigenvalue weighted by Gasteiger charge is -2.39. The van der Waals surface area contributed by atoms with Crippen LogP contribution in [0.25, 0.3) is 0 Å². The predicted octanol–water partition coefficient (Wildman–Crippen LogP) is 2.12. The van der Waals surface area contributed by atoms with Crippen molar-refractivity contribution in [2.24, 2.45) is 11.1 Å². The molecule has 0 radical (unpaired) electrons. The number of hydrogen-bond acceptors (Lipinski definition) is 3. The van der Waals surface area contributed by atoms with Gasteiger partial charge in [-0.05, 0) is 51.9 Å². The van der Waals surface area contributed by atoms with Crippen LogP contribution in [0.4, 0.5) is 4.79 Å². The Kier molecular flexibility index (Phi) is 3.10. The molecule has 0 aromatic carbocycles. The molecule has 1 aliphatic carbocycles. The smallest absolute Gasteiger partial charge is 0.410 e. The Morgan fingerprint density at radius 3 is 2.53 bits per heavy atom. The fourth-order valence-electron chi connectivity index (χ4n) is 2.65. The lowest BCUT2D eigenvalue weighted by molar-refractivity contribution is 0.00405. The molecule has 0 aromatic rings. The molecule has 0 aromatic heterocycles. The molecule has 4 heteroatoms. The van der Waals surface area contributed by atoms with Crippen molar-refractivity contribution in [3.63, 3.8) is 0 Å². The van der Waals surface area contributed by atoms with Gasteiger partial charge in [0.05, 0.1) is 0 Å². The highest BCUT2D eigenvalue weighted by Crippen LogP contribution is 2.55. The van der Waals surface area contributed by atoms with Crippen molar-refractivity contribution in [1.29, 1.82) is 0 Å². The summed E-state index contributed by atoms with van der Waals surface area (Å²) in [5, 5.41) is 0. The Hall–Kier alpha value is -0.770. The van der Waals surface area contributed by atoms with Crippen molar-refractivity contribution in [2.45, 2.75) is 58.1 Å². The summed E-state index contributed by atoms with van der Waals surface area (Å²) in [4.78, 5) is 13.9. The van der Waals surface area contributed by atoms with Gasteiger partial charge in [0.25, 0.3) is 0 Å². The summed E-state index contributed by atoms with van der Waals surface area (Å²) < 4.78 is 5.43. The molecular weight excluding hydrogens is 216 g/mol. The van der Waals surface area contributed by atoms with Gasteiger partial charge in [-0.2, -0.15) is 0 Å². The van der Waals surface area contributed by atoms with Crippen molar-refractivity contribution in [1.82, 2.24) is 4.90 Å². The zero-order valence-corrected chi connectivity index (χ0v) is 11.2. The third-order valence-corrected chi connectivity index (χ3v) is 3.85. The minimum Gasteiger partial charge on any atom is -0.444 e. The molecule has 0 unspecified atom stereocenters. The number of carbonyl (C=O) groups excluding carboxylic acids is 1. The topological polar surface area (TPSA) is 55.6 Å². The van der Waals surface area contributed by atoms with Crippen molar-refractivity contribution >= 4 is 6.09 Å². The van der Waals surface area contributed by atoms with E-state index in [1.165, 1.54) is 12.8 Å². The fraction of sp³-hybridized carbons (Fsp3) is 0.923. The van der Waals surface area contributed by atoms with E-state index < -0.39 is 5.60 Å². The van der Waals surface area contributed by atoms with Gasteiger partial charge in [-0.25, -0.2) is 4.79 Å². The van der Waals surface area contributed by atoms with Gasteiger partial charge in [0.1, 0.15) is 5.60 Å². The summed E-state index contributed by atoms with van der Waals surface area (Å²) in [6, 6.07) is 0.168. The van der Waals surface area contributed by atoms with Crippen LogP contribution < -0.4 is 5.73 Å². The van der Waals surface area contributed by atoms with E-state index in [0.717, 1.165) is 19.4 Å². The molecule has 2 fully saturated rings. The van der Waals surface area contributed by atoms with Gasteiger partial charge in [-0.3, -0.25) is 0 Å². The number of ether oxygens (including phenoxy) is 1. The molecule has 1 aliphatic heterocycles. The van der Waals surface area contributed by atoms with E-state index in [9.17, 15) is 4.79 Å². The number of likely N-dealkylation sites (tertiary alicyclic amines) is 1. The summed E-state index contributed by atoms with van der Waals surface area (Å²) >= 11 is 0. The largest absolute Gasteiger partial charge is 0.444 e. The number of hydrogen-bond donors (Lipinski definition) is 1. The van der Waals surface area contributed by atoms with E-state index in [2.05, 4.69) is 0 Å². The normalized spacial score (nSPS) is 27.1. The first kappa shape index (κ1) is 12.7. The van der Waals surface area contributed by atoms with Gasteiger partial charge in [-0.15, -0.1) is 0 Å². The molecule has 1 heterocycles. The number of nitrogens with two attached hydrogens (primary N) is 1. The number of amides is 1. The molecule has 4 nitrogen and oxygen atoms in total. The lowest BCUT2D eigenvalue weighted by atomic mass is 9.88. The van der Waals surface area contributed by atoms with Crippen molar-refractivity contribution in [3.8, 4) is 0 Å². The lowest BCUT2D eigenvalue weighted by Crippen LogP contribution is -2.51. The Bertz CT molecular complexity index is 305. The highest BCUT2D eigenvalue weighted by atomic mass is 16.6. The van der Waals surface area contributed by atoms with E-state index in [4.69, 9.17) is 10.5 Å². The first-order valence-electron chi connectivity index (χ1n) is 6.55. The molecule has 1 saturated heterocycles. The van der Waals surface area contributed by atoms with Crippen LogP contribution in [0.1, 0.15) is 46.5 Å². The molecular formula is C13H24N2O2. The predicted molar refractivity (Wildman–Crippen MR) is 66.7 cm³/mol. The van der Waals surface area contributed by atoms with Crippen molar-refractivity contribution in [2.75, 3.05) is 13.1 Å². The quantitative estimate of drug-likeness (QED) is 0.764. The number of piperidine rings is 1.